The molecule has 0 aromatic heterocycles. The van der Waals surface area contributed by atoms with E-state index in [1.807, 2.05) is 24.3 Å². The van der Waals surface area contributed by atoms with Crippen LogP contribution in [0.4, 0.5) is 0 Å². The molecule has 1 saturated heterocycles. The Bertz CT molecular complexity index is 291. The second kappa shape index (κ2) is 5.14. The summed E-state index contributed by atoms with van der Waals surface area (Å²) in [5, 5.41) is 0. The Morgan fingerprint density at radius 2 is 2.13 bits per heavy atom. The van der Waals surface area contributed by atoms with E-state index >= 15 is 0 Å². The number of benzene rings is 1. The Balaban J connectivity index is 1.91. The van der Waals surface area contributed by atoms with Crippen molar-refractivity contribution in [3.8, 4) is 5.75 Å². The van der Waals surface area contributed by atoms with Crippen LogP contribution in [0.2, 0.25) is 0 Å². The first kappa shape index (κ1) is 10.5. The van der Waals surface area contributed by atoms with Gasteiger partial charge in [-0.3, -0.25) is 0 Å². The van der Waals surface area contributed by atoms with E-state index in [0.29, 0.717) is 13.2 Å². The molecule has 2 N–H and O–H groups in total. The van der Waals surface area contributed by atoms with E-state index in [4.69, 9.17) is 15.2 Å². The van der Waals surface area contributed by atoms with Gasteiger partial charge in [0.1, 0.15) is 11.9 Å². The zero-order valence-corrected chi connectivity index (χ0v) is 8.82. The fourth-order valence-electron chi connectivity index (χ4n) is 1.70. The van der Waals surface area contributed by atoms with Gasteiger partial charge in [-0.1, -0.05) is 12.1 Å². The molecule has 1 aliphatic rings. The van der Waals surface area contributed by atoms with Crippen molar-refractivity contribution < 1.29 is 9.47 Å². The van der Waals surface area contributed by atoms with Crippen molar-refractivity contribution in [1.29, 1.82) is 0 Å². The van der Waals surface area contributed by atoms with E-state index in [9.17, 15) is 0 Å². The monoisotopic (exact) mass is 207 g/mol. The predicted octanol–water partition coefficient (Wildman–Crippen LogP) is 1.70. The lowest BCUT2D eigenvalue weighted by atomic mass is 10.1. The maximum absolute atomic E-state index is 5.79. The van der Waals surface area contributed by atoms with Gasteiger partial charge in [-0.25, -0.2) is 0 Å². The fourth-order valence-corrected chi connectivity index (χ4v) is 1.70. The SMILES string of the molecule is NCc1ccc(OC2CCCOC2)cc1. The van der Waals surface area contributed by atoms with Crippen LogP contribution in [0.25, 0.3) is 0 Å². The van der Waals surface area contributed by atoms with Crippen LogP contribution in [0.3, 0.4) is 0 Å². The van der Waals surface area contributed by atoms with Crippen LogP contribution >= 0.6 is 0 Å². The number of hydrogen-bond donors (Lipinski definition) is 1. The first-order valence-electron chi connectivity index (χ1n) is 5.42. The Labute approximate surface area is 90.2 Å². The van der Waals surface area contributed by atoms with E-state index in [2.05, 4.69) is 0 Å². The number of rotatable bonds is 3. The third-order valence-corrected chi connectivity index (χ3v) is 2.58. The molecule has 1 atom stereocenters. The molecule has 1 aromatic rings. The van der Waals surface area contributed by atoms with E-state index in [0.717, 1.165) is 30.8 Å². The highest BCUT2D eigenvalue weighted by atomic mass is 16.5. The van der Waals surface area contributed by atoms with Crippen LogP contribution in [0, 0.1) is 0 Å². The molecule has 2 rings (SSSR count). The highest BCUT2D eigenvalue weighted by molar-refractivity contribution is 5.27. The number of ether oxygens (including phenoxy) is 2. The van der Waals surface area contributed by atoms with E-state index in [1.165, 1.54) is 0 Å². The zero-order chi connectivity index (χ0) is 10.5. The third kappa shape index (κ3) is 2.94. The van der Waals surface area contributed by atoms with E-state index in [1.54, 1.807) is 0 Å². The fraction of sp³-hybridized carbons (Fsp3) is 0.500. The van der Waals surface area contributed by atoms with E-state index < -0.39 is 0 Å². The van der Waals surface area contributed by atoms with Gasteiger partial charge in [0, 0.05) is 13.2 Å². The molecule has 3 heteroatoms. The van der Waals surface area contributed by atoms with Gasteiger partial charge in [0.05, 0.1) is 6.61 Å². The summed E-state index contributed by atoms with van der Waals surface area (Å²) in [6.07, 6.45) is 2.38. The number of hydrogen-bond acceptors (Lipinski definition) is 3. The summed E-state index contributed by atoms with van der Waals surface area (Å²) < 4.78 is 11.1. The Hall–Kier alpha value is -1.06. The van der Waals surface area contributed by atoms with Crippen molar-refractivity contribution in [1.82, 2.24) is 0 Å². The van der Waals surface area contributed by atoms with Gasteiger partial charge in [-0.05, 0) is 30.5 Å². The highest BCUT2D eigenvalue weighted by Gasteiger charge is 2.14. The molecule has 1 unspecified atom stereocenters. The molecule has 0 amide bonds. The largest absolute Gasteiger partial charge is 0.488 e. The van der Waals surface area contributed by atoms with Gasteiger partial charge >= 0.3 is 0 Å². The van der Waals surface area contributed by atoms with Crippen molar-refractivity contribution >= 4 is 0 Å². The van der Waals surface area contributed by atoms with Gasteiger partial charge in [0.2, 0.25) is 0 Å². The lowest BCUT2D eigenvalue weighted by Crippen LogP contribution is -2.27. The molecule has 15 heavy (non-hydrogen) atoms. The minimum absolute atomic E-state index is 0.211. The average molecular weight is 207 g/mol. The van der Waals surface area contributed by atoms with Gasteiger partial charge in [0.15, 0.2) is 0 Å². The van der Waals surface area contributed by atoms with E-state index in [-0.39, 0.29) is 6.10 Å². The smallest absolute Gasteiger partial charge is 0.122 e. The summed E-state index contributed by atoms with van der Waals surface area (Å²) in [5.74, 6) is 0.905. The molecule has 0 radical (unpaired) electrons. The van der Waals surface area contributed by atoms with Gasteiger partial charge in [-0.15, -0.1) is 0 Å². The lowest BCUT2D eigenvalue weighted by Gasteiger charge is -2.23. The standard InChI is InChI=1S/C12H17NO2/c13-8-10-3-5-11(6-4-10)15-12-2-1-7-14-9-12/h3-6,12H,1-2,7-9,13H2. The predicted molar refractivity (Wildman–Crippen MR) is 58.8 cm³/mol. The van der Waals surface area contributed by atoms with Gasteiger partial charge in [0.25, 0.3) is 0 Å². The molecule has 1 aromatic carbocycles. The minimum atomic E-state index is 0.211. The van der Waals surface area contributed by atoms with Crippen molar-refractivity contribution in [3.05, 3.63) is 29.8 Å². The normalized spacial score (nSPS) is 21.3. The summed E-state index contributed by atoms with van der Waals surface area (Å²) in [6.45, 7) is 2.15. The molecule has 3 nitrogen and oxygen atoms in total. The highest BCUT2D eigenvalue weighted by Crippen LogP contribution is 2.17. The van der Waals surface area contributed by atoms with Crippen LogP contribution in [-0.4, -0.2) is 19.3 Å². The molecule has 82 valence electrons. The lowest BCUT2D eigenvalue weighted by molar-refractivity contribution is 0.00742. The maximum atomic E-state index is 5.79. The summed E-state index contributed by atoms with van der Waals surface area (Å²) in [5.41, 5.74) is 6.65. The van der Waals surface area contributed by atoms with Crippen LogP contribution < -0.4 is 10.5 Å². The van der Waals surface area contributed by atoms with Crippen molar-refractivity contribution in [2.24, 2.45) is 5.73 Å². The van der Waals surface area contributed by atoms with Crippen LogP contribution in [-0.2, 0) is 11.3 Å². The molecular weight excluding hydrogens is 190 g/mol. The van der Waals surface area contributed by atoms with Crippen molar-refractivity contribution in [2.45, 2.75) is 25.5 Å². The molecule has 0 aliphatic carbocycles. The Morgan fingerprint density at radius 1 is 1.33 bits per heavy atom. The van der Waals surface area contributed by atoms with Gasteiger partial charge in [-0.2, -0.15) is 0 Å². The molecule has 0 bridgehead atoms. The third-order valence-electron chi connectivity index (χ3n) is 2.58. The topological polar surface area (TPSA) is 44.5 Å². The molecule has 0 spiro atoms. The van der Waals surface area contributed by atoms with Gasteiger partial charge < -0.3 is 15.2 Å². The molecule has 1 aliphatic heterocycles. The number of nitrogens with two attached hydrogens (primary N) is 1. The summed E-state index contributed by atoms with van der Waals surface area (Å²) in [4.78, 5) is 0. The molecule has 1 heterocycles. The molecular formula is C12H17NO2. The maximum Gasteiger partial charge on any atom is 0.122 e. The second-order valence-electron chi connectivity index (χ2n) is 3.81. The first-order valence-corrected chi connectivity index (χ1v) is 5.42. The summed E-state index contributed by atoms with van der Waals surface area (Å²) >= 11 is 0. The molecule has 1 fully saturated rings. The summed E-state index contributed by atoms with van der Waals surface area (Å²) in [7, 11) is 0. The molecule has 0 saturated carbocycles. The minimum Gasteiger partial charge on any atom is -0.488 e. The second-order valence-corrected chi connectivity index (χ2v) is 3.81. The Kier molecular flexibility index (Phi) is 3.59. The average Bonchev–Trinajstić information content (AvgIpc) is 2.31. The van der Waals surface area contributed by atoms with Crippen molar-refractivity contribution in [2.75, 3.05) is 13.2 Å². The van der Waals surface area contributed by atoms with Crippen molar-refractivity contribution in [3.63, 3.8) is 0 Å². The van der Waals surface area contributed by atoms with Crippen LogP contribution in [0.15, 0.2) is 24.3 Å². The van der Waals surface area contributed by atoms with Crippen LogP contribution in [0.1, 0.15) is 18.4 Å². The zero-order valence-electron chi connectivity index (χ0n) is 8.82. The summed E-state index contributed by atoms with van der Waals surface area (Å²) in [6, 6.07) is 7.94. The first-order chi connectivity index (χ1) is 7.38. The Morgan fingerprint density at radius 3 is 2.73 bits per heavy atom. The van der Waals surface area contributed by atoms with Crippen LogP contribution in [0.5, 0.6) is 5.75 Å². The quantitative estimate of drug-likeness (QED) is 0.820.